The second-order valence-corrected chi connectivity index (χ2v) is 7.02. The van der Waals surface area contributed by atoms with Crippen LogP contribution in [0.4, 0.5) is 22.0 Å². The first-order valence-electron chi connectivity index (χ1n) is 9.19. The molecule has 0 saturated heterocycles. The van der Waals surface area contributed by atoms with E-state index in [2.05, 4.69) is 11.8 Å². The van der Waals surface area contributed by atoms with Gasteiger partial charge in [0.15, 0.2) is 5.76 Å². The van der Waals surface area contributed by atoms with E-state index in [1.54, 1.807) is 49.4 Å². The van der Waals surface area contributed by atoms with Crippen LogP contribution in [0.3, 0.4) is 0 Å². The first-order valence-corrected chi connectivity index (χ1v) is 9.19. The molecule has 1 aromatic heterocycles. The number of methoxy groups -OCH3 is 1. The highest BCUT2D eigenvalue weighted by Gasteiger charge is 2.62. The van der Waals surface area contributed by atoms with E-state index in [0.29, 0.717) is 22.1 Å². The summed E-state index contributed by atoms with van der Waals surface area (Å²) in [5.41, 5.74) is 0.690. The molecule has 0 saturated carbocycles. The largest absolute Gasteiger partial charge is 0.497 e. The van der Waals surface area contributed by atoms with Gasteiger partial charge in [0, 0.05) is 16.3 Å². The number of rotatable bonds is 2. The standard InChI is InChI=1S/C24H15F5O2/c1-14-3-7-16-8-12-18-19(11-6-15-4-9-17(30-2)10-5-15)22(23(25,26)24(27,28)29)31-21(18)20(16)13-14/h3-5,7-10,12-13H,1-2H3. The van der Waals surface area contributed by atoms with Crippen molar-refractivity contribution in [2.75, 3.05) is 7.11 Å². The van der Waals surface area contributed by atoms with Crippen LogP contribution in [0, 0.1) is 18.8 Å². The minimum atomic E-state index is -5.83. The van der Waals surface area contributed by atoms with Crippen molar-refractivity contribution in [3.63, 3.8) is 0 Å². The molecule has 158 valence electrons. The molecule has 2 nitrogen and oxygen atoms in total. The summed E-state index contributed by atoms with van der Waals surface area (Å²) in [5, 5.41) is 1.19. The van der Waals surface area contributed by atoms with E-state index < -0.39 is 23.4 Å². The summed E-state index contributed by atoms with van der Waals surface area (Å²) in [4.78, 5) is 0. The van der Waals surface area contributed by atoms with Gasteiger partial charge >= 0.3 is 12.1 Å². The normalized spacial score (nSPS) is 12.1. The van der Waals surface area contributed by atoms with Gasteiger partial charge in [-0.3, -0.25) is 0 Å². The Morgan fingerprint density at radius 1 is 0.839 bits per heavy atom. The van der Waals surface area contributed by atoms with Crippen LogP contribution < -0.4 is 4.74 Å². The van der Waals surface area contributed by atoms with E-state index in [-0.39, 0.29) is 11.0 Å². The molecule has 0 bridgehead atoms. The quantitative estimate of drug-likeness (QED) is 0.253. The summed E-state index contributed by atoms with van der Waals surface area (Å²) < 4.78 is 78.5. The molecule has 0 fully saturated rings. The Morgan fingerprint density at radius 2 is 1.52 bits per heavy atom. The number of fused-ring (bicyclic) bond motifs is 3. The third kappa shape index (κ3) is 3.59. The zero-order valence-electron chi connectivity index (χ0n) is 16.4. The van der Waals surface area contributed by atoms with Gasteiger partial charge in [-0.1, -0.05) is 35.6 Å². The minimum absolute atomic E-state index is 0.0563. The maximum absolute atomic E-state index is 14.4. The molecule has 1 heterocycles. The van der Waals surface area contributed by atoms with Crippen molar-refractivity contribution in [2.45, 2.75) is 19.0 Å². The summed E-state index contributed by atoms with van der Waals surface area (Å²) in [6, 6.07) is 14.7. The average Bonchev–Trinajstić information content (AvgIpc) is 3.11. The molecule has 0 aliphatic carbocycles. The maximum Gasteiger partial charge on any atom is 0.461 e. The van der Waals surface area contributed by atoms with E-state index in [1.807, 2.05) is 6.07 Å². The van der Waals surface area contributed by atoms with Crippen LogP contribution in [-0.2, 0) is 5.92 Å². The fourth-order valence-corrected chi connectivity index (χ4v) is 3.27. The third-order valence-electron chi connectivity index (χ3n) is 4.89. The fraction of sp³-hybridized carbons (Fsp3) is 0.167. The lowest BCUT2D eigenvalue weighted by atomic mass is 10.0. The van der Waals surface area contributed by atoms with E-state index in [1.165, 1.54) is 13.2 Å². The van der Waals surface area contributed by atoms with E-state index in [4.69, 9.17) is 9.15 Å². The monoisotopic (exact) mass is 430 g/mol. The second kappa shape index (κ2) is 7.31. The molecule has 0 aliphatic heterocycles. The van der Waals surface area contributed by atoms with E-state index >= 15 is 0 Å². The van der Waals surface area contributed by atoms with Crippen LogP contribution in [-0.4, -0.2) is 13.3 Å². The molecule has 0 aliphatic rings. The van der Waals surface area contributed by atoms with Gasteiger partial charge in [0.25, 0.3) is 0 Å². The molecule has 7 heteroatoms. The number of alkyl halides is 5. The molecule has 0 N–H and O–H groups in total. The lowest BCUT2D eigenvalue weighted by Crippen LogP contribution is -2.33. The predicted molar refractivity (Wildman–Crippen MR) is 107 cm³/mol. The first kappa shape index (κ1) is 20.7. The lowest BCUT2D eigenvalue weighted by Gasteiger charge is -2.17. The molecule has 4 aromatic rings. The summed E-state index contributed by atoms with van der Waals surface area (Å²) in [6.07, 6.45) is -5.83. The molecule has 4 rings (SSSR count). The van der Waals surface area contributed by atoms with Crippen LogP contribution in [0.25, 0.3) is 21.7 Å². The number of benzene rings is 3. The molecule has 0 unspecified atom stereocenters. The van der Waals surface area contributed by atoms with E-state index in [9.17, 15) is 22.0 Å². The molecule has 0 spiro atoms. The highest BCUT2D eigenvalue weighted by atomic mass is 19.4. The van der Waals surface area contributed by atoms with Crippen molar-refractivity contribution in [2.24, 2.45) is 0 Å². The SMILES string of the molecule is COc1ccc(C#Cc2c(C(F)(F)C(F)(F)F)oc3c2ccc2ccc(C)cc23)cc1. The van der Waals surface area contributed by atoms with Gasteiger partial charge in [-0.2, -0.15) is 22.0 Å². The van der Waals surface area contributed by atoms with Gasteiger partial charge in [-0.05, 0) is 48.7 Å². The highest BCUT2D eigenvalue weighted by Crippen LogP contribution is 2.48. The molecule has 0 amide bonds. The van der Waals surface area contributed by atoms with Crippen molar-refractivity contribution in [1.29, 1.82) is 0 Å². The Balaban J connectivity index is 1.99. The van der Waals surface area contributed by atoms with Gasteiger partial charge in [-0.25, -0.2) is 0 Å². The first-order chi connectivity index (χ1) is 14.6. The molecule has 0 radical (unpaired) electrons. The Kier molecular flexibility index (Phi) is 4.89. The number of furan rings is 1. The number of hydrogen-bond donors (Lipinski definition) is 0. The van der Waals surface area contributed by atoms with Crippen LogP contribution in [0.5, 0.6) is 5.75 Å². The van der Waals surface area contributed by atoms with Crippen molar-refractivity contribution in [3.05, 3.63) is 77.0 Å². The molecular formula is C24H15F5O2. The smallest absolute Gasteiger partial charge is 0.461 e. The van der Waals surface area contributed by atoms with Gasteiger partial charge in [0.05, 0.1) is 12.7 Å². The topological polar surface area (TPSA) is 22.4 Å². The summed E-state index contributed by atoms with van der Waals surface area (Å²) in [6.45, 7) is 1.79. The molecule has 31 heavy (non-hydrogen) atoms. The summed E-state index contributed by atoms with van der Waals surface area (Å²) in [5.74, 6) is -1.02. The third-order valence-corrected chi connectivity index (χ3v) is 4.89. The number of halogens is 5. The Morgan fingerprint density at radius 3 is 2.16 bits per heavy atom. The number of ether oxygens (including phenoxy) is 1. The van der Waals surface area contributed by atoms with Crippen molar-refractivity contribution in [1.82, 2.24) is 0 Å². The Labute approximate surface area is 174 Å². The molecule has 0 atom stereocenters. The summed E-state index contributed by atoms with van der Waals surface area (Å²) in [7, 11) is 1.48. The predicted octanol–water partition coefficient (Wildman–Crippen LogP) is 6.96. The maximum atomic E-state index is 14.4. The highest BCUT2D eigenvalue weighted by molar-refractivity contribution is 6.06. The van der Waals surface area contributed by atoms with Gasteiger partial charge < -0.3 is 9.15 Å². The Hall–Kier alpha value is -3.53. The number of aryl methyl sites for hydroxylation is 1. The van der Waals surface area contributed by atoms with E-state index in [0.717, 1.165) is 5.56 Å². The molecule has 3 aromatic carbocycles. The summed E-state index contributed by atoms with van der Waals surface area (Å²) >= 11 is 0. The van der Waals surface area contributed by atoms with Crippen molar-refractivity contribution >= 4 is 21.7 Å². The van der Waals surface area contributed by atoms with Crippen LogP contribution >= 0.6 is 0 Å². The van der Waals surface area contributed by atoms with Crippen LogP contribution in [0.15, 0.2) is 59.0 Å². The van der Waals surface area contributed by atoms with Crippen LogP contribution in [0.1, 0.15) is 22.5 Å². The zero-order valence-corrected chi connectivity index (χ0v) is 16.4. The Bertz CT molecular complexity index is 1340. The lowest BCUT2D eigenvalue weighted by molar-refractivity contribution is -0.295. The van der Waals surface area contributed by atoms with Crippen molar-refractivity contribution < 1.29 is 31.1 Å². The fourth-order valence-electron chi connectivity index (χ4n) is 3.27. The molecular weight excluding hydrogens is 415 g/mol. The average molecular weight is 430 g/mol. The van der Waals surface area contributed by atoms with Gasteiger partial charge in [-0.15, -0.1) is 0 Å². The minimum Gasteiger partial charge on any atom is -0.497 e. The number of hydrogen-bond acceptors (Lipinski definition) is 2. The van der Waals surface area contributed by atoms with Crippen LogP contribution in [0.2, 0.25) is 0 Å². The second-order valence-electron chi connectivity index (χ2n) is 7.02. The van der Waals surface area contributed by atoms with Crippen molar-refractivity contribution in [3.8, 4) is 17.6 Å². The van der Waals surface area contributed by atoms with Gasteiger partial charge in [0.1, 0.15) is 11.3 Å². The zero-order chi connectivity index (χ0) is 22.4. The van der Waals surface area contributed by atoms with Gasteiger partial charge in [0.2, 0.25) is 0 Å².